The molecule has 0 saturated heterocycles. The van der Waals surface area contributed by atoms with Gasteiger partial charge >= 0.3 is 6.18 Å². The van der Waals surface area contributed by atoms with Crippen LogP contribution in [0.1, 0.15) is 17.4 Å². The van der Waals surface area contributed by atoms with Gasteiger partial charge in [0.05, 0.1) is 17.4 Å². The van der Waals surface area contributed by atoms with Crippen LogP contribution in [0.5, 0.6) is 0 Å². The summed E-state index contributed by atoms with van der Waals surface area (Å²) >= 11 is 0. The molecule has 1 aromatic heterocycles. The molecule has 17 heavy (non-hydrogen) atoms. The lowest BCUT2D eigenvalue weighted by atomic mass is 10.1. The number of fused-ring (bicyclic) bond motifs is 1. The molecule has 0 aliphatic rings. The van der Waals surface area contributed by atoms with Gasteiger partial charge in [0.15, 0.2) is 0 Å². The summed E-state index contributed by atoms with van der Waals surface area (Å²) in [7, 11) is 0. The van der Waals surface area contributed by atoms with Gasteiger partial charge in [0, 0.05) is 0 Å². The van der Waals surface area contributed by atoms with E-state index in [4.69, 9.17) is 0 Å². The Labute approximate surface area is 95.5 Å². The lowest BCUT2D eigenvalue weighted by Gasteiger charge is -2.16. The Kier molecular flexibility index (Phi) is 2.61. The highest BCUT2D eigenvalue weighted by Crippen LogP contribution is 2.31. The molecule has 1 aromatic carbocycles. The molecular weight excluding hydrogens is 233 g/mol. The molecule has 0 aliphatic carbocycles. The van der Waals surface area contributed by atoms with Crippen molar-refractivity contribution in [3.05, 3.63) is 29.6 Å². The molecule has 0 bridgehead atoms. The monoisotopic (exact) mass is 244 g/mol. The summed E-state index contributed by atoms with van der Waals surface area (Å²) in [6, 6.07) is 3.29. The Morgan fingerprint density at radius 2 is 1.82 bits per heavy atom. The van der Waals surface area contributed by atoms with Crippen molar-refractivity contribution >= 4 is 11.0 Å². The van der Waals surface area contributed by atoms with Crippen LogP contribution in [0.4, 0.5) is 13.2 Å². The maximum atomic E-state index is 12.4. The second kappa shape index (κ2) is 3.73. The SMILES string of the molecule is Cc1cc2ncn(C(O)C(F)(F)F)c2cc1C. The summed E-state index contributed by atoms with van der Waals surface area (Å²) in [5.41, 5.74) is 2.52. The van der Waals surface area contributed by atoms with Crippen LogP contribution in [0.25, 0.3) is 11.0 Å². The molecule has 0 fully saturated rings. The number of nitrogens with zero attached hydrogens (tertiary/aromatic N) is 2. The predicted octanol–water partition coefficient (Wildman–Crippen LogP) is 2.71. The fraction of sp³-hybridized carbons (Fsp3) is 0.364. The van der Waals surface area contributed by atoms with Gasteiger partial charge < -0.3 is 5.11 Å². The number of halogens is 3. The van der Waals surface area contributed by atoms with E-state index in [2.05, 4.69) is 4.98 Å². The molecule has 2 rings (SSSR count). The summed E-state index contributed by atoms with van der Waals surface area (Å²) in [6.07, 6.45) is -6.26. The minimum Gasteiger partial charge on any atom is -0.366 e. The average Bonchev–Trinajstić information content (AvgIpc) is 2.59. The fourth-order valence-corrected chi connectivity index (χ4v) is 1.64. The van der Waals surface area contributed by atoms with E-state index in [1.165, 1.54) is 0 Å². The lowest BCUT2D eigenvalue weighted by Crippen LogP contribution is -2.25. The molecule has 0 radical (unpaired) electrons. The molecule has 1 unspecified atom stereocenters. The number of hydrogen-bond acceptors (Lipinski definition) is 2. The van der Waals surface area contributed by atoms with E-state index in [1.54, 1.807) is 19.1 Å². The number of aliphatic hydroxyl groups excluding tert-OH is 1. The number of aryl methyl sites for hydroxylation is 2. The number of benzene rings is 1. The molecule has 6 heteroatoms. The van der Waals surface area contributed by atoms with Gasteiger partial charge in [-0.25, -0.2) is 4.98 Å². The second-order valence-electron chi connectivity index (χ2n) is 3.99. The van der Waals surface area contributed by atoms with Crippen molar-refractivity contribution in [3.8, 4) is 0 Å². The first-order valence-corrected chi connectivity index (χ1v) is 4.99. The van der Waals surface area contributed by atoms with Gasteiger partial charge in [-0.1, -0.05) is 0 Å². The summed E-state index contributed by atoms with van der Waals surface area (Å²) in [6.45, 7) is 3.65. The fourth-order valence-electron chi connectivity index (χ4n) is 1.64. The molecule has 1 heterocycles. The Hall–Kier alpha value is -1.56. The normalized spacial score (nSPS) is 14.2. The zero-order chi connectivity index (χ0) is 12.8. The van der Waals surface area contributed by atoms with Gasteiger partial charge in [-0.15, -0.1) is 0 Å². The van der Waals surface area contributed by atoms with Crippen LogP contribution in [0.15, 0.2) is 18.5 Å². The summed E-state index contributed by atoms with van der Waals surface area (Å²) in [5, 5.41) is 9.20. The van der Waals surface area contributed by atoms with Gasteiger partial charge in [-0.05, 0) is 37.1 Å². The van der Waals surface area contributed by atoms with Crippen LogP contribution < -0.4 is 0 Å². The Balaban J connectivity index is 2.60. The van der Waals surface area contributed by atoms with Crippen LogP contribution in [-0.4, -0.2) is 20.8 Å². The summed E-state index contributed by atoms with van der Waals surface area (Å²) < 4.78 is 38.0. The van der Waals surface area contributed by atoms with Crippen molar-refractivity contribution in [2.75, 3.05) is 0 Å². The third-order valence-electron chi connectivity index (χ3n) is 2.75. The van der Waals surface area contributed by atoms with Crippen LogP contribution in [0.2, 0.25) is 0 Å². The number of alkyl halides is 3. The van der Waals surface area contributed by atoms with Gasteiger partial charge in [0.1, 0.15) is 0 Å². The van der Waals surface area contributed by atoms with Crippen molar-refractivity contribution < 1.29 is 18.3 Å². The van der Waals surface area contributed by atoms with Crippen LogP contribution >= 0.6 is 0 Å². The quantitative estimate of drug-likeness (QED) is 0.837. The van der Waals surface area contributed by atoms with E-state index >= 15 is 0 Å². The van der Waals surface area contributed by atoms with Crippen LogP contribution in [0.3, 0.4) is 0 Å². The molecule has 3 nitrogen and oxygen atoms in total. The van der Waals surface area contributed by atoms with Gasteiger partial charge in [-0.2, -0.15) is 13.2 Å². The Bertz CT molecular complexity index is 560. The molecule has 0 spiro atoms. The number of hydrogen-bond donors (Lipinski definition) is 1. The van der Waals surface area contributed by atoms with E-state index in [-0.39, 0.29) is 5.52 Å². The largest absolute Gasteiger partial charge is 0.433 e. The number of aliphatic hydroxyl groups is 1. The standard InChI is InChI=1S/C11H11F3N2O/c1-6-3-8-9(4-7(6)2)16(5-15-8)10(17)11(12,13)14/h3-5,10,17H,1-2H3. The van der Waals surface area contributed by atoms with Crippen molar-refractivity contribution in [1.82, 2.24) is 9.55 Å². The maximum absolute atomic E-state index is 12.4. The third-order valence-corrected chi connectivity index (χ3v) is 2.75. The molecule has 0 saturated carbocycles. The molecule has 0 aliphatic heterocycles. The molecular formula is C11H11F3N2O. The highest BCUT2D eigenvalue weighted by atomic mass is 19.4. The zero-order valence-electron chi connectivity index (χ0n) is 9.28. The topological polar surface area (TPSA) is 38.0 Å². The van der Waals surface area contributed by atoms with Gasteiger partial charge in [0.25, 0.3) is 0 Å². The predicted molar refractivity (Wildman–Crippen MR) is 56.5 cm³/mol. The van der Waals surface area contributed by atoms with Crippen molar-refractivity contribution in [1.29, 1.82) is 0 Å². The Morgan fingerprint density at radius 1 is 1.24 bits per heavy atom. The van der Waals surface area contributed by atoms with E-state index in [0.717, 1.165) is 22.0 Å². The number of rotatable bonds is 1. The number of imidazole rings is 1. The van der Waals surface area contributed by atoms with Crippen molar-refractivity contribution in [2.24, 2.45) is 0 Å². The van der Waals surface area contributed by atoms with Gasteiger partial charge in [-0.3, -0.25) is 4.57 Å². The molecule has 0 amide bonds. The Morgan fingerprint density at radius 3 is 2.41 bits per heavy atom. The lowest BCUT2D eigenvalue weighted by molar-refractivity contribution is -0.230. The van der Waals surface area contributed by atoms with E-state index in [1.807, 2.05) is 6.92 Å². The maximum Gasteiger partial charge on any atom is 0.433 e. The van der Waals surface area contributed by atoms with Crippen molar-refractivity contribution in [3.63, 3.8) is 0 Å². The molecule has 1 atom stereocenters. The summed E-state index contributed by atoms with van der Waals surface area (Å²) in [4.78, 5) is 3.86. The first-order chi connectivity index (χ1) is 7.80. The minimum atomic E-state index is -4.70. The van der Waals surface area contributed by atoms with E-state index in [0.29, 0.717) is 5.52 Å². The zero-order valence-corrected chi connectivity index (χ0v) is 9.28. The minimum absolute atomic E-state index is 0.276. The average molecular weight is 244 g/mol. The van der Waals surface area contributed by atoms with Crippen molar-refractivity contribution in [2.45, 2.75) is 26.3 Å². The van der Waals surface area contributed by atoms with Gasteiger partial charge in [0.2, 0.25) is 6.23 Å². The van der Waals surface area contributed by atoms with E-state index in [9.17, 15) is 18.3 Å². The highest BCUT2D eigenvalue weighted by Gasteiger charge is 2.40. The smallest absolute Gasteiger partial charge is 0.366 e. The van der Waals surface area contributed by atoms with Crippen LogP contribution in [-0.2, 0) is 0 Å². The van der Waals surface area contributed by atoms with E-state index < -0.39 is 12.4 Å². The first kappa shape index (κ1) is 11.9. The highest BCUT2D eigenvalue weighted by molar-refractivity contribution is 5.77. The third kappa shape index (κ3) is 2.00. The number of aromatic nitrogens is 2. The molecule has 2 aromatic rings. The first-order valence-electron chi connectivity index (χ1n) is 4.99. The second-order valence-corrected chi connectivity index (χ2v) is 3.99. The molecule has 92 valence electrons. The van der Waals surface area contributed by atoms with Crippen LogP contribution in [0, 0.1) is 13.8 Å². The molecule has 1 N–H and O–H groups in total. The summed E-state index contributed by atoms with van der Waals surface area (Å²) in [5.74, 6) is 0.